The predicted molar refractivity (Wildman–Crippen MR) is 62.1 cm³/mol. The van der Waals surface area contributed by atoms with E-state index in [-0.39, 0.29) is 27.2 Å². The molecule has 0 bridgehead atoms. The Kier molecular flexibility index (Phi) is 13.8. The van der Waals surface area contributed by atoms with E-state index in [4.69, 9.17) is 15.9 Å². The van der Waals surface area contributed by atoms with E-state index in [9.17, 15) is 0 Å². The van der Waals surface area contributed by atoms with Crippen molar-refractivity contribution in [3.05, 3.63) is 29.8 Å². The summed E-state index contributed by atoms with van der Waals surface area (Å²) in [6, 6.07) is 8.73. The molecule has 0 saturated heterocycles. The van der Waals surface area contributed by atoms with Crippen LogP contribution in [-0.4, -0.2) is 35.4 Å². The first-order chi connectivity index (χ1) is 7.25. The maximum atomic E-state index is 8.25. The molecule has 0 fully saturated rings. The molecule has 0 radical (unpaired) electrons. The normalized spacial score (nSPS) is 9.80. The Bertz CT molecular complexity index is 242. The molecule has 0 spiro atoms. The van der Waals surface area contributed by atoms with Gasteiger partial charge in [0.2, 0.25) is 0 Å². The van der Waals surface area contributed by atoms with Crippen molar-refractivity contribution in [1.82, 2.24) is 0 Å². The van der Waals surface area contributed by atoms with Gasteiger partial charge in [0.25, 0.3) is 0 Å². The van der Waals surface area contributed by atoms with E-state index in [1.807, 2.05) is 6.92 Å². The van der Waals surface area contributed by atoms with Gasteiger partial charge in [0.15, 0.2) is 0 Å². The molecule has 15 heavy (non-hydrogen) atoms. The number of benzene rings is 1. The molecule has 0 saturated carbocycles. The van der Waals surface area contributed by atoms with Crippen molar-refractivity contribution < 1.29 is 10.2 Å². The van der Waals surface area contributed by atoms with Crippen LogP contribution in [0.1, 0.15) is 18.5 Å². The molecule has 84 valence electrons. The maximum absolute atomic E-state index is 8.25. The fourth-order valence-electron chi connectivity index (χ4n) is 1.12. The van der Waals surface area contributed by atoms with Crippen LogP contribution in [0, 0.1) is 0 Å². The van der Waals surface area contributed by atoms with Crippen molar-refractivity contribution in [2.24, 2.45) is 5.73 Å². The van der Waals surface area contributed by atoms with Crippen LogP contribution in [0.5, 0.6) is 0 Å². The van der Waals surface area contributed by atoms with Gasteiger partial charge < -0.3 is 10.2 Å². The summed E-state index contributed by atoms with van der Waals surface area (Å²) in [5, 5.41) is 16.5. The second-order valence-electron chi connectivity index (χ2n) is 2.63. The van der Waals surface area contributed by atoms with Crippen molar-refractivity contribution in [2.75, 3.05) is 14.2 Å². The van der Waals surface area contributed by atoms with E-state index < -0.39 is 0 Å². The van der Waals surface area contributed by atoms with Gasteiger partial charge >= 0.3 is 78.2 Å². The second kappa shape index (κ2) is 12.0. The fourth-order valence-corrected chi connectivity index (χ4v) is 3.58. The zero-order valence-electron chi connectivity index (χ0n) is 9.78. The summed E-state index contributed by atoms with van der Waals surface area (Å²) >= 11 is -0.313. The molecule has 1 aromatic rings. The average molecular weight is 316 g/mol. The van der Waals surface area contributed by atoms with Crippen molar-refractivity contribution in [3.8, 4) is 0 Å². The van der Waals surface area contributed by atoms with Crippen LogP contribution >= 0.6 is 0 Å². The number of hydrogen-bond donors (Lipinski definition) is 1. The summed E-state index contributed by atoms with van der Waals surface area (Å²) in [5.41, 5.74) is 7.17. The number of nitrogens with two attached hydrogens (primary N) is 1. The van der Waals surface area contributed by atoms with E-state index >= 15 is 0 Å². The van der Waals surface area contributed by atoms with Crippen molar-refractivity contribution in [1.29, 1.82) is 0 Å². The average Bonchev–Trinajstić information content (AvgIpc) is 2.34. The molecule has 0 aliphatic rings. The van der Waals surface area contributed by atoms with Crippen molar-refractivity contribution in [2.45, 2.75) is 17.9 Å². The van der Waals surface area contributed by atoms with E-state index in [2.05, 4.69) is 29.2 Å². The van der Waals surface area contributed by atoms with Gasteiger partial charge in [0, 0.05) is 0 Å². The van der Waals surface area contributed by atoms with E-state index in [1.54, 1.807) is 0 Å². The summed E-state index contributed by atoms with van der Waals surface area (Å²) in [5.74, 6) is 0. The Morgan fingerprint density at radius 3 is 1.93 bits per heavy atom. The van der Waals surface area contributed by atoms with Gasteiger partial charge in [-0.15, -0.1) is 0 Å². The van der Waals surface area contributed by atoms with Crippen LogP contribution in [0.3, 0.4) is 0 Å². The van der Waals surface area contributed by atoms with Gasteiger partial charge in [-0.2, -0.15) is 14.2 Å². The molecular weight excluding hydrogens is 297 g/mol. The molecule has 0 aromatic heterocycles. The quantitative estimate of drug-likeness (QED) is 0.714. The Morgan fingerprint density at radius 2 is 1.60 bits per heavy atom. The van der Waals surface area contributed by atoms with Crippen LogP contribution in [0.25, 0.3) is 0 Å². The van der Waals surface area contributed by atoms with Gasteiger partial charge in [0.05, 0.1) is 0 Å². The molecule has 0 amide bonds. The van der Waals surface area contributed by atoms with Crippen LogP contribution in [0.4, 0.5) is 0 Å². The Morgan fingerprint density at radius 1 is 1.13 bits per heavy atom. The molecule has 0 heterocycles. The molecule has 2 N–H and O–H groups in total. The third-order valence-corrected chi connectivity index (χ3v) is 4.56. The summed E-state index contributed by atoms with van der Waals surface area (Å²) in [6.45, 7) is 2.05. The van der Waals surface area contributed by atoms with Gasteiger partial charge in [-0.05, 0) is 0 Å². The van der Waals surface area contributed by atoms with Crippen LogP contribution in [0.15, 0.2) is 24.3 Å². The first-order valence-corrected chi connectivity index (χ1v) is 8.87. The van der Waals surface area contributed by atoms with Crippen LogP contribution in [0.2, 0.25) is 4.94 Å². The van der Waals surface area contributed by atoms with Crippen molar-refractivity contribution >= 4 is 24.7 Å². The molecular formula is C11H19NO2Sn. The topological polar surface area (TPSA) is 72.1 Å². The first kappa shape index (κ1) is 17.3. The summed E-state index contributed by atoms with van der Waals surface area (Å²) < 4.78 is 1.53. The van der Waals surface area contributed by atoms with Crippen LogP contribution in [-0.2, 0) is 0 Å². The fraction of sp³-hybridized carbons (Fsp3) is 0.455. The second-order valence-corrected chi connectivity index (χ2v) is 5.59. The zero-order valence-corrected chi connectivity index (χ0v) is 12.6. The molecule has 0 aliphatic carbocycles. The summed E-state index contributed by atoms with van der Waals surface area (Å²) in [7, 11) is 1.50. The molecule has 3 nitrogen and oxygen atoms in total. The molecule has 1 unspecified atom stereocenters. The zero-order chi connectivity index (χ0) is 12.3. The van der Waals surface area contributed by atoms with Crippen molar-refractivity contribution in [3.63, 3.8) is 0 Å². The Balaban J connectivity index is 0. The predicted octanol–water partition coefficient (Wildman–Crippen LogP) is -0.963. The summed E-state index contributed by atoms with van der Waals surface area (Å²) in [6.07, 6.45) is 0. The molecule has 0 aliphatic heterocycles. The van der Waals surface area contributed by atoms with E-state index in [0.717, 1.165) is 14.2 Å². The molecule has 1 rings (SSSR count). The Hall–Kier alpha value is -0.101. The molecule has 1 aromatic carbocycles. The van der Waals surface area contributed by atoms with E-state index in [1.165, 1.54) is 9.14 Å². The van der Waals surface area contributed by atoms with Gasteiger partial charge in [-0.3, -0.25) is 0 Å². The number of hydrogen-bond acceptors (Lipinski definition) is 3. The minimum absolute atomic E-state index is 0.201. The van der Waals surface area contributed by atoms with Gasteiger partial charge in [-0.25, -0.2) is 0 Å². The first-order valence-electron chi connectivity index (χ1n) is 4.59. The van der Waals surface area contributed by atoms with E-state index in [0.29, 0.717) is 0 Å². The Labute approximate surface area is 103 Å². The third-order valence-electron chi connectivity index (χ3n) is 1.72. The third kappa shape index (κ3) is 6.89. The SMILES string of the molecule is C[O-].C[O-].[CH3][Sn+2][c]1ccccc1C(C)N. The molecule has 4 heteroatoms. The van der Waals surface area contributed by atoms with Gasteiger partial charge in [-0.1, -0.05) is 0 Å². The van der Waals surface area contributed by atoms with Gasteiger partial charge in [0.1, 0.15) is 0 Å². The monoisotopic (exact) mass is 317 g/mol. The minimum atomic E-state index is -0.313. The van der Waals surface area contributed by atoms with Crippen LogP contribution < -0.4 is 19.5 Å². The number of rotatable bonds is 2. The standard InChI is InChI=1S/C8H10N.2CH3O.CH3.Sn/c1-7(9)8-5-3-2-4-6-8;2*1-2;;/h2-5,7H,9H2,1H3;2*1H3;1H3;/q;2*-1;;+2. The summed E-state index contributed by atoms with van der Waals surface area (Å²) in [4.78, 5) is 2.32. The molecule has 1 atom stereocenters.